The Balaban J connectivity index is 3.67. The first-order valence-corrected chi connectivity index (χ1v) is 4.65. The normalized spacial score (nSPS) is 11.8. The fraction of sp³-hybridized carbons (Fsp3) is 0.667. The molecule has 0 radical (unpaired) electrons. The van der Waals surface area contributed by atoms with Crippen molar-refractivity contribution in [2.75, 3.05) is 0 Å². The molecule has 1 atom stereocenters. The molecule has 0 rings (SSSR count). The molecule has 0 saturated heterocycles. The predicted octanol–water partition coefficient (Wildman–Crippen LogP) is 2.02. The fourth-order valence-corrected chi connectivity index (χ4v) is 1.07. The molecule has 1 N–H and O–H groups in total. The monoisotopic (exact) mass is 204 g/mol. The molecule has 0 aromatic heterocycles. The van der Waals surface area contributed by atoms with Gasteiger partial charge in [0.1, 0.15) is 11.3 Å². The molecular formula is C9H13ClO3. The highest BCUT2D eigenvalue weighted by Gasteiger charge is 2.12. The second-order valence-corrected chi connectivity index (χ2v) is 3.28. The van der Waals surface area contributed by atoms with Gasteiger partial charge in [0.2, 0.25) is 0 Å². The van der Waals surface area contributed by atoms with Gasteiger partial charge in [-0.1, -0.05) is 6.92 Å². The first kappa shape index (κ1) is 12.2. The third-order valence-electron chi connectivity index (χ3n) is 1.78. The zero-order chi connectivity index (χ0) is 10.3. The maximum atomic E-state index is 10.3. The van der Waals surface area contributed by atoms with Gasteiger partial charge in [-0.2, -0.15) is 0 Å². The van der Waals surface area contributed by atoms with Crippen LogP contribution in [0.25, 0.3) is 0 Å². The Hall–Kier alpha value is -0.790. The van der Waals surface area contributed by atoms with E-state index in [1.54, 1.807) is 0 Å². The van der Waals surface area contributed by atoms with Crippen LogP contribution < -0.4 is 0 Å². The second kappa shape index (κ2) is 6.70. The van der Waals surface area contributed by atoms with Crippen LogP contribution in [0.15, 0.2) is 5.57 Å². The lowest BCUT2D eigenvalue weighted by atomic mass is 10.1. The summed E-state index contributed by atoms with van der Waals surface area (Å²) in [4.78, 5) is 20.5. The average molecular weight is 205 g/mol. The second-order valence-electron chi connectivity index (χ2n) is 2.76. The summed E-state index contributed by atoms with van der Waals surface area (Å²) in [6, 6.07) is 0. The van der Waals surface area contributed by atoms with Gasteiger partial charge in [0.15, 0.2) is 0 Å². The van der Waals surface area contributed by atoms with Gasteiger partial charge >= 0.3 is 5.97 Å². The van der Waals surface area contributed by atoms with Crippen LogP contribution in [0.5, 0.6) is 0 Å². The minimum absolute atomic E-state index is 0.391. The Morgan fingerprint density at radius 2 is 2.23 bits per heavy atom. The van der Waals surface area contributed by atoms with Gasteiger partial charge in [-0.05, 0) is 25.7 Å². The fourth-order valence-electron chi connectivity index (χ4n) is 0.918. The summed E-state index contributed by atoms with van der Waals surface area (Å²) in [6.07, 6.45) is 2.28. The van der Waals surface area contributed by atoms with E-state index >= 15 is 0 Å². The number of hydrogen-bond acceptors (Lipinski definition) is 2. The summed E-state index contributed by atoms with van der Waals surface area (Å²) >= 11 is 5.48. The van der Waals surface area contributed by atoms with Crippen molar-refractivity contribution in [2.45, 2.75) is 38.0 Å². The molecule has 0 fully saturated rings. The van der Waals surface area contributed by atoms with Crippen LogP contribution in [-0.4, -0.2) is 22.4 Å². The van der Waals surface area contributed by atoms with Crippen LogP contribution >= 0.6 is 11.6 Å². The van der Waals surface area contributed by atoms with Crippen LogP contribution in [-0.2, 0) is 9.59 Å². The number of allylic oxidation sites excluding steroid dienone is 1. The van der Waals surface area contributed by atoms with E-state index in [0.29, 0.717) is 31.3 Å². The van der Waals surface area contributed by atoms with Crippen LogP contribution in [0.1, 0.15) is 32.6 Å². The maximum Gasteiger partial charge on any atom is 0.321 e. The van der Waals surface area contributed by atoms with Crippen molar-refractivity contribution in [1.82, 2.24) is 0 Å². The Morgan fingerprint density at radius 3 is 2.62 bits per heavy atom. The van der Waals surface area contributed by atoms with Crippen molar-refractivity contribution in [3.05, 3.63) is 5.57 Å². The van der Waals surface area contributed by atoms with Gasteiger partial charge in [0.05, 0.1) is 0 Å². The molecule has 13 heavy (non-hydrogen) atoms. The summed E-state index contributed by atoms with van der Waals surface area (Å²) in [6.45, 7) is 1.87. The van der Waals surface area contributed by atoms with E-state index in [1.807, 2.05) is 12.9 Å². The number of alkyl halides is 1. The van der Waals surface area contributed by atoms with E-state index in [9.17, 15) is 9.59 Å². The van der Waals surface area contributed by atoms with Crippen molar-refractivity contribution in [2.24, 2.45) is 0 Å². The van der Waals surface area contributed by atoms with E-state index in [-0.39, 0.29) is 0 Å². The topological polar surface area (TPSA) is 54.4 Å². The van der Waals surface area contributed by atoms with Crippen LogP contribution in [0, 0.1) is 0 Å². The Bertz CT molecular complexity index is 219. The highest BCUT2D eigenvalue weighted by atomic mass is 35.5. The third kappa shape index (κ3) is 5.45. The van der Waals surface area contributed by atoms with Gasteiger partial charge in [0, 0.05) is 5.57 Å². The number of hydrogen-bond donors (Lipinski definition) is 1. The number of halogens is 1. The predicted molar refractivity (Wildman–Crippen MR) is 50.6 cm³/mol. The zero-order valence-electron chi connectivity index (χ0n) is 7.55. The van der Waals surface area contributed by atoms with Gasteiger partial charge in [0.25, 0.3) is 0 Å². The van der Waals surface area contributed by atoms with Crippen molar-refractivity contribution in [3.63, 3.8) is 0 Å². The van der Waals surface area contributed by atoms with E-state index < -0.39 is 11.3 Å². The number of aliphatic carboxylic acids is 1. The van der Waals surface area contributed by atoms with Gasteiger partial charge in [-0.3, -0.25) is 4.79 Å². The summed E-state index contributed by atoms with van der Waals surface area (Å²) in [5, 5.41) is 7.60. The first-order chi connectivity index (χ1) is 6.11. The molecular weight excluding hydrogens is 192 g/mol. The van der Waals surface area contributed by atoms with Crippen molar-refractivity contribution in [3.8, 4) is 0 Å². The molecule has 0 heterocycles. The molecule has 0 aromatic carbocycles. The Morgan fingerprint density at radius 1 is 1.62 bits per heavy atom. The standard InChI is InChI=1S/C9H13ClO3/c1-2-7(6-11)4-3-5-8(10)9(12)13/h8H,2-5H2,1H3,(H,12,13). The smallest absolute Gasteiger partial charge is 0.321 e. The average Bonchev–Trinajstić information content (AvgIpc) is 2.12. The molecule has 1 unspecified atom stereocenters. The van der Waals surface area contributed by atoms with Crippen molar-refractivity contribution < 1.29 is 14.7 Å². The minimum Gasteiger partial charge on any atom is -0.480 e. The van der Waals surface area contributed by atoms with Crippen LogP contribution in [0.3, 0.4) is 0 Å². The summed E-state index contributed by atoms with van der Waals surface area (Å²) in [7, 11) is 0. The lowest BCUT2D eigenvalue weighted by Crippen LogP contribution is -2.12. The molecule has 4 heteroatoms. The third-order valence-corrected chi connectivity index (χ3v) is 2.18. The SMILES string of the molecule is CCC(=C=O)CCCC(Cl)C(=O)O. The zero-order valence-corrected chi connectivity index (χ0v) is 8.30. The van der Waals surface area contributed by atoms with Crippen LogP contribution in [0.4, 0.5) is 0 Å². The highest BCUT2D eigenvalue weighted by molar-refractivity contribution is 6.29. The number of carboxylic acids is 1. The summed E-state index contributed by atoms with van der Waals surface area (Å²) in [5.74, 6) is 0.826. The molecule has 0 saturated carbocycles. The molecule has 0 aliphatic rings. The maximum absolute atomic E-state index is 10.3. The number of carbonyl (C=O) groups is 1. The summed E-state index contributed by atoms with van der Waals surface area (Å²) < 4.78 is 0. The molecule has 3 nitrogen and oxygen atoms in total. The first-order valence-electron chi connectivity index (χ1n) is 4.21. The summed E-state index contributed by atoms with van der Waals surface area (Å²) in [5.41, 5.74) is 0.689. The van der Waals surface area contributed by atoms with Gasteiger partial charge < -0.3 is 5.11 Å². The molecule has 0 aromatic rings. The van der Waals surface area contributed by atoms with Crippen molar-refractivity contribution >= 4 is 23.5 Å². The van der Waals surface area contributed by atoms with E-state index in [2.05, 4.69) is 0 Å². The van der Waals surface area contributed by atoms with E-state index in [4.69, 9.17) is 16.7 Å². The van der Waals surface area contributed by atoms with Gasteiger partial charge in [-0.25, -0.2) is 4.79 Å². The molecule has 74 valence electrons. The quantitative estimate of drug-likeness (QED) is 0.532. The number of carboxylic acid groups (broad SMARTS) is 1. The number of rotatable bonds is 6. The van der Waals surface area contributed by atoms with Crippen molar-refractivity contribution in [1.29, 1.82) is 0 Å². The highest BCUT2D eigenvalue weighted by Crippen LogP contribution is 2.12. The minimum atomic E-state index is -1.00. The molecule has 0 aliphatic carbocycles. The Labute approximate surface area is 82.4 Å². The lowest BCUT2D eigenvalue weighted by molar-refractivity contribution is -0.136. The Kier molecular flexibility index (Phi) is 6.29. The number of carbonyl (C=O) groups excluding carboxylic acids is 1. The molecule has 0 aliphatic heterocycles. The molecule has 0 bridgehead atoms. The van der Waals surface area contributed by atoms with E-state index in [0.717, 1.165) is 0 Å². The lowest BCUT2D eigenvalue weighted by Gasteiger charge is -2.03. The molecule has 0 amide bonds. The largest absolute Gasteiger partial charge is 0.480 e. The van der Waals surface area contributed by atoms with E-state index in [1.165, 1.54) is 0 Å². The van der Waals surface area contributed by atoms with Gasteiger partial charge in [-0.15, -0.1) is 11.6 Å². The van der Waals surface area contributed by atoms with Crippen LogP contribution in [0.2, 0.25) is 0 Å². The molecule has 0 spiro atoms.